The van der Waals surface area contributed by atoms with E-state index in [2.05, 4.69) is 13.8 Å². The molecule has 2 nitrogen and oxygen atoms in total. The van der Waals surface area contributed by atoms with Crippen LogP contribution in [0.1, 0.15) is 25.7 Å². The molecule has 0 unspecified atom stereocenters. The van der Waals surface area contributed by atoms with E-state index in [1.807, 2.05) is 30.3 Å². The molecule has 0 aromatic heterocycles. The van der Waals surface area contributed by atoms with Gasteiger partial charge in [-0.15, -0.1) is 0 Å². The largest absolute Gasteiger partial charge is 0.279 e. The van der Waals surface area contributed by atoms with Gasteiger partial charge in [0, 0.05) is 17.1 Å². The minimum Gasteiger partial charge on any atom is -0.279 e. The fourth-order valence-corrected chi connectivity index (χ4v) is 1.87. The Hall–Kier alpha value is -0.160. The first-order valence-corrected chi connectivity index (χ1v) is 6.82. The molecule has 0 saturated carbocycles. The van der Waals surface area contributed by atoms with Crippen molar-refractivity contribution in [1.29, 1.82) is 0 Å². The third-order valence-corrected chi connectivity index (χ3v) is 2.71. The number of benzene rings is 1. The van der Waals surface area contributed by atoms with Crippen molar-refractivity contribution in [2.45, 2.75) is 20.1 Å². The lowest BCUT2D eigenvalue weighted by Crippen LogP contribution is -2.01. The number of rotatable bonds is 7. The van der Waals surface area contributed by atoms with E-state index >= 15 is 0 Å². The maximum atomic E-state index is 5.55. The van der Waals surface area contributed by atoms with Gasteiger partial charge in [-0.3, -0.25) is 8.37 Å². The first-order chi connectivity index (χ1) is 7.38. The molecule has 0 saturated heterocycles. The van der Waals surface area contributed by atoms with E-state index in [9.17, 15) is 0 Å². The summed E-state index contributed by atoms with van der Waals surface area (Å²) in [5.74, 6) is 1.84. The summed E-state index contributed by atoms with van der Waals surface area (Å²) in [5.41, 5.74) is 1.06. The van der Waals surface area contributed by atoms with Gasteiger partial charge < -0.3 is 0 Å². The molecule has 0 aliphatic rings. The molecule has 1 aromatic carbocycles. The molecule has 4 heteroatoms. The lowest BCUT2D eigenvalue weighted by atomic mass is 10.2. The van der Waals surface area contributed by atoms with Gasteiger partial charge in [-0.2, -0.15) is 0 Å². The summed E-state index contributed by atoms with van der Waals surface area (Å²) in [7, 11) is 0. The Labute approximate surface area is 100 Å². The van der Waals surface area contributed by atoms with E-state index in [0.717, 1.165) is 17.1 Å². The van der Waals surface area contributed by atoms with Crippen molar-refractivity contribution in [2.75, 3.05) is 11.5 Å². The van der Waals surface area contributed by atoms with Crippen LogP contribution in [-0.4, -0.2) is 11.5 Å². The first kappa shape index (κ1) is 12.9. The van der Waals surface area contributed by atoms with Crippen LogP contribution < -0.4 is 0 Å². The lowest BCUT2D eigenvalue weighted by Gasteiger charge is -2.15. The Bertz CT molecular complexity index is 246. The third-order valence-electron chi connectivity index (χ3n) is 1.62. The number of hydrogen-bond donors (Lipinski definition) is 0. The van der Waals surface area contributed by atoms with Gasteiger partial charge >= 0.3 is 0 Å². The van der Waals surface area contributed by atoms with E-state index in [1.54, 1.807) is 0 Å². The fourth-order valence-electron chi connectivity index (χ4n) is 0.997. The Balaban J connectivity index is 2.55. The Morgan fingerprint density at radius 3 is 2.00 bits per heavy atom. The molecule has 1 rings (SSSR count). The quantitative estimate of drug-likeness (QED) is 0.531. The van der Waals surface area contributed by atoms with Crippen LogP contribution in [0.25, 0.3) is 0 Å². The zero-order chi connectivity index (χ0) is 10.9. The summed E-state index contributed by atoms with van der Waals surface area (Å²) in [6.45, 7) is 4.11. The van der Waals surface area contributed by atoms with Crippen molar-refractivity contribution >= 4 is 24.1 Å². The standard InChI is InChI=1S/C11H16O2S2/c1-3-14-12-11(13-15-4-2)10-8-6-5-7-9-10/h5-9,11H,3-4H2,1-2H3. The van der Waals surface area contributed by atoms with Crippen molar-refractivity contribution in [2.24, 2.45) is 0 Å². The Morgan fingerprint density at radius 1 is 1.00 bits per heavy atom. The normalized spacial score (nSPS) is 10.9. The zero-order valence-electron chi connectivity index (χ0n) is 9.01. The van der Waals surface area contributed by atoms with E-state index < -0.39 is 0 Å². The van der Waals surface area contributed by atoms with Crippen molar-refractivity contribution in [1.82, 2.24) is 0 Å². The van der Waals surface area contributed by atoms with Crippen LogP contribution in [0.3, 0.4) is 0 Å². The summed E-state index contributed by atoms with van der Waals surface area (Å²) in [4.78, 5) is 0. The predicted molar refractivity (Wildman–Crippen MR) is 67.6 cm³/mol. The molecule has 0 aliphatic heterocycles. The predicted octanol–water partition coefficient (Wildman–Crippen LogP) is 4.05. The minimum absolute atomic E-state index is 0.277. The summed E-state index contributed by atoms with van der Waals surface area (Å²) >= 11 is 2.85. The summed E-state index contributed by atoms with van der Waals surface area (Å²) in [5, 5.41) is 0. The fraction of sp³-hybridized carbons (Fsp3) is 0.455. The van der Waals surface area contributed by atoms with Crippen molar-refractivity contribution in [3.8, 4) is 0 Å². The highest BCUT2D eigenvalue weighted by Crippen LogP contribution is 2.27. The topological polar surface area (TPSA) is 18.5 Å². The molecular formula is C11H16O2S2. The molecule has 0 radical (unpaired) electrons. The highest BCUT2D eigenvalue weighted by Gasteiger charge is 2.12. The van der Waals surface area contributed by atoms with Crippen LogP contribution in [0.5, 0.6) is 0 Å². The number of hydrogen-bond acceptors (Lipinski definition) is 4. The van der Waals surface area contributed by atoms with Crippen LogP contribution >= 0.6 is 24.1 Å². The first-order valence-electron chi connectivity index (χ1n) is 5.00. The van der Waals surface area contributed by atoms with Crippen LogP contribution in [0.2, 0.25) is 0 Å². The van der Waals surface area contributed by atoms with E-state index in [-0.39, 0.29) is 6.29 Å². The van der Waals surface area contributed by atoms with Crippen molar-refractivity contribution in [3.05, 3.63) is 35.9 Å². The van der Waals surface area contributed by atoms with Crippen LogP contribution in [0.15, 0.2) is 30.3 Å². The van der Waals surface area contributed by atoms with E-state index in [4.69, 9.17) is 8.37 Å². The van der Waals surface area contributed by atoms with Crippen molar-refractivity contribution < 1.29 is 8.37 Å². The molecular weight excluding hydrogens is 228 g/mol. The summed E-state index contributed by atoms with van der Waals surface area (Å²) in [6, 6.07) is 9.99. The molecule has 0 N–H and O–H groups in total. The van der Waals surface area contributed by atoms with Gasteiger partial charge in [0.1, 0.15) is 0 Å². The smallest absolute Gasteiger partial charge is 0.209 e. The lowest BCUT2D eigenvalue weighted by molar-refractivity contribution is 0.0414. The zero-order valence-corrected chi connectivity index (χ0v) is 10.6. The minimum atomic E-state index is -0.277. The molecule has 0 amide bonds. The molecule has 0 fully saturated rings. The van der Waals surface area contributed by atoms with Gasteiger partial charge in [-0.25, -0.2) is 0 Å². The average Bonchev–Trinajstić information content (AvgIpc) is 2.30. The summed E-state index contributed by atoms with van der Waals surface area (Å²) < 4.78 is 11.1. The SMILES string of the molecule is CCSOC(OSCC)c1ccccc1. The molecule has 84 valence electrons. The molecule has 0 spiro atoms. The van der Waals surface area contributed by atoms with Gasteiger partial charge in [0.15, 0.2) is 0 Å². The van der Waals surface area contributed by atoms with Gasteiger partial charge in [0.25, 0.3) is 0 Å². The second-order valence-electron chi connectivity index (χ2n) is 2.75. The van der Waals surface area contributed by atoms with Crippen LogP contribution in [-0.2, 0) is 8.37 Å². The molecule has 0 bridgehead atoms. The monoisotopic (exact) mass is 244 g/mol. The van der Waals surface area contributed by atoms with Crippen LogP contribution in [0, 0.1) is 0 Å². The van der Waals surface area contributed by atoms with Crippen LogP contribution in [0.4, 0.5) is 0 Å². The molecule has 15 heavy (non-hydrogen) atoms. The molecule has 0 heterocycles. The maximum absolute atomic E-state index is 5.55. The third kappa shape index (κ3) is 4.93. The Morgan fingerprint density at radius 2 is 1.53 bits per heavy atom. The van der Waals surface area contributed by atoms with Gasteiger partial charge in [-0.1, -0.05) is 44.2 Å². The Kier molecular flexibility index (Phi) is 6.92. The molecule has 0 atom stereocenters. The molecule has 0 aliphatic carbocycles. The van der Waals surface area contributed by atoms with Gasteiger partial charge in [0.2, 0.25) is 6.29 Å². The molecule has 1 aromatic rings. The average molecular weight is 244 g/mol. The van der Waals surface area contributed by atoms with Gasteiger partial charge in [-0.05, 0) is 24.1 Å². The van der Waals surface area contributed by atoms with Gasteiger partial charge in [0.05, 0.1) is 0 Å². The summed E-state index contributed by atoms with van der Waals surface area (Å²) in [6.07, 6.45) is -0.277. The second kappa shape index (κ2) is 8.05. The maximum Gasteiger partial charge on any atom is 0.209 e. The van der Waals surface area contributed by atoms with Crippen molar-refractivity contribution in [3.63, 3.8) is 0 Å². The van der Waals surface area contributed by atoms with E-state index in [1.165, 1.54) is 24.1 Å². The van der Waals surface area contributed by atoms with E-state index in [0.29, 0.717) is 0 Å². The highest BCUT2D eigenvalue weighted by molar-refractivity contribution is 7.95. The second-order valence-corrected chi connectivity index (χ2v) is 4.76. The highest BCUT2D eigenvalue weighted by atomic mass is 32.2.